The van der Waals surface area contributed by atoms with E-state index in [1.54, 1.807) is 0 Å². The number of hydrogen-bond donors (Lipinski definition) is 0. The first kappa shape index (κ1) is 14.6. The Bertz CT molecular complexity index is 481. The molecule has 2 aliphatic heterocycles. The van der Waals surface area contributed by atoms with Crippen LogP contribution in [0, 0.1) is 0 Å². The Kier molecular flexibility index (Phi) is 4.58. The highest BCUT2D eigenvalue weighted by Gasteiger charge is 2.40. The first-order chi connectivity index (χ1) is 10.3. The summed E-state index contributed by atoms with van der Waals surface area (Å²) >= 11 is 0. The van der Waals surface area contributed by atoms with Gasteiger partial charge in [0, 0.05) is 25.9 Å². The van der Waals surface area contributed by atoms with Gasteiger partial charge in [0.25, 0.3) is 0 Å². The number of piperidine rings is 1. The Morgan fingerprint density at radius 1 is 1.14 bits per heavy atom. The molecule has 1 aromatic rings. The Labute approximate surface area is 126 Å². The Morgan fingerprint density at radius 3 is 2.43 bits per heavy atom. The number of amidine groups is 1. The molecule has 1 aromatic carbocycles. The predicted molar refractivity (Wildman–Crippen MR) is 80.7 cm³/mol. The second-order valence-corrected chi connectivity index (χ2v) is 5.20. The van der Waals surface area contributed by atoms with Gasteiger partial charge in [-0.2, -0.15) is 0 Å². The van der Waals surface area contributed by atoms with Crippen LogP contribution < -0.4 is 4.74 Å². The van der Waals surface area contributed by atoms with Crippen LogP contribution in [0.15, 0.2) is 35.5 Å². The highest BCUT2D eigenvalue weighted by atomic mass is 31.0. The summed E-state index contributed by atoms with van der Waals surface area (Å²) in [5.41, 5.74) is 0. The molecule has 2 fully saturated rings. The second kappa shape index (κ2) is 6.60. The maximum atomic E-state index is 5.80. The fourth-order valence-electron chi connectivity index (χ4n) is 2.60. The van der Waals surface area contributed by atoms with Crippen molar-refractivity contribution in [2.45, 2.75) is 18.6 Å². The summed E-state index contributed by atoms with van der Waals surface area (Å²) < 4.78 is 22.1. The average Bonchev–Trinajstić information content (AvgIpc) is 2.97. The second-order valence-electron chi connectivity index (χ2n) is 4.99. The van der Waals surface area contributed by atoms with Crippen LogP contribution in [-0.2, 0) is 14.1 Å². The van der Waals surface area contributed by atoms with Crippen LogP contribution >= 0.6 is 9.47 Å². The van der Waals surface area contributed by atoms with E-state index in [2.05, 4.69) is 14.6 Å². The molecule has 21 heavy (non-hydrogen) atoms. The summed E-state index contributed by atoms with van der Waals surface area (Å²) in [5, 5.41) is 3.96. The normalized spacial score (nSPS) is 21.6. The number of para-hydroxylation sites is 1. The maximum Gasteiger partial charge on any atom is 0.332 e. The van der Waals surface area contributed by atoms with Crippen molar-refractivity contribution in [3.63, 3.8) is 0 Å². The van der Waals surface area contributed by atoms with Gasteiger partial charge in [0.15, 0.2) is 5.79 Å². The molecule has 0 amide bonds. The minimum atomic E-state index is -0.407. The van der Waals surface area contributed by atoms with Crippen molar-refractivity contribution in [2.75, 3.05) is 26.3 Å². The quantitative estimate of drug-likeness (QED) is 0.362. The average molecular weight is 310 g/mol. The molecule has 7 heteroatoms. The molecule has 2 heterocycles. The van der Waals surface area contributed by atoms with Crippen LogP contribution in [0.1, 0.15) is 12.8 Å². The Balaban J connectivity index is 1.64. The summed E-state index contributed by atoms with van der Waals surface area (Å²) in [4.78, 5) is 2.04. The molecule has 0 saturated carbocycles. The molecule has 6 nitrogen and oxygen atoms in total. The molecule has 2 aliphatic rings. The van der Waals surface area contributed by atoms with E-state index in [1.165, 1.54) is 0 Å². The van der Waals surface area contributed by atoms with E-state index >= 15 is 0 Å². The Morgan fingerprint density at radius 2 is 1.81 bits per heavy atom. The number of rotatable bonds is 2. The summed E-state index contributed by atoms with van der Waals surface area (Å²) in [6.07, 6.45) is 1.59. The highest BCUT2D eigenvalue weighted by molar-refractivity contribution is 7.09. The first-order valence-corrected chi connectivity index (χ1v) is 7.48. The number of oxime groups is 1. The van der Waals surface area contributed by atoms with Crippen LogP contribution in [0.25, 0.3) is 0 Å². The topological polar surface area (TPSA) is 52.5 Å². The molecule has 1 spiro atoms. The van der Waals surface area contributed by atoms with Crippen molar-refractivity contribution in [1.82, 2.24) is 4.90 Å². The zero-order chi connectivity index (χ0) is 14.5. The lowest BCUT2D eigenvalue weighted by Crippen LogP contribution is -2.48. The smallest absolute Gasteiger partial charge is 0.332 e. The molecular formula is C14H19N2O4P. The van der Waals surface area contributed by atoms with Gasteiger partial charge in [-0.3, -0.25) is 0 Å². The number of likely N-dealkylation sites (tertiary alicyclic amines) is 1. The van der Waals surface area contributed by atoms with Gasteiger partial charge in [-0.05, 0) is 17.3 Å². The standard InChI is InChI=1S/C14H19N2O4P/c21-20-15-13(19-12-4-2-1-3-5-12)16-8-6-14(7-9-16)17-10-11-18-14/h1-5H,6-11,21H2/b15-13+. The van der Waals surface area contributed by atoms with Gasteiger partial charge in [-0.1, -0.05) is 18.2 Å². The molecule has 3 rings (SSSR count). The van der Waals surface area contributed by atoms with E-state index in [-0.39, 0.29) is 0 Å². The van der Waals surface area contributed by atoms with Gasteiger partial charge < -0.3 is 23.7 Å². The molecular weight excluding hydrogens is 291 g/mol. The SMILES string of the molecule is PO/N=C(/Oc1ccccc1)N1CCC2(CC1)OCCO2. The predicted octanol–water partition coefficient (Wildman–Crippen LogP) is 1.98. The summed E-state index contributed by atoms with van der Waals surface area (Å²) in [6.45, 7) is 2.85. The maximum absolute atomic E-state index is 5.80. The van der Waals surface area contributed by atoms with Crippen molar-refractivity contribution >= 4 is 15.5 Å². The molecule has 0 bridgehead atoms. The summed E-state index contributed by atoms with van der Waals surface area (Å²) in [6, 6.07) is 9.98. The van der Waals surface area contributed by atoms with Crippen molar-refractivity contribution < 1.29 is 18.8 Å². The zero-order valence-electron chi connectivity index (χ0n) is 11.7. The molecule has 1 atom stereocenters. The molecule has 1 unspecified atom stereocenters. The largest absolute Gasteiger partial charge is 0.424 e. The third kappa shape index (κ3) is 3.46. The van der Waals surface area contributed by atoms with Gasteiger partial charge in [0.1, 0.15) is 5.75 Å². The number of ether oxygens (including phenoxy) is 3. The van der Waals surface area contributed by atoms with Gasteiger partial charge in [0.05, 0.1) is 22.7 Å². The lowest BCUT2D eigenvalue weighted by Gasteiger charge is -2.37. The molecule has 0 aliphatic carbocycles. The van der Waals surface area contributed by atoms with Crippen molar-refractivity contribution in [2.24, 2.45) is 5.16 Å². The fraction of sp³-hybridized carbons (Fsp3) is 0.500. The van der Waals surface area contributed by atoms with E-state index in [9.17, 15) is 0 Å². The monoisotopic (exact) mass is 310 g/mol. The van der Waals surface area contributed by atoms with E-state index in [0.29, 0.717) is 19.2 Å². The lowest BCUT2D eigenvalue weighted by atomic mass is 10.0. The summed E-state index contributed by atoms with van der Waals surface area (Å²) in [7, 11) is 2.11. The zero-order valence-corrected chi connectivity index (χ0v) is 12.9. The van der Waals surface area contributed by atoms with Crippen LogP contribution in [0.2, 0.25) is 0 Å². The van der Waals surface area contributed by atoms with Crippen molar-refractivity contribution in [3.8, 4) is 5.75 Å². The van der Waals surface area contributed by atoms with Crippen LogP contribution in [0.4, 0.5) is 0 Å². The first-order valence-electron chi connectivity index (χ1n) is 7.01. The van der Waals surface area contributed by atoms with Crippen molar-refractivity contribution in [1.29, 1.82) is 0 Å². The van der Waals surface area contributed by atoms with E-state index in [1.807, 2.05) is 35.2 Å². The Hall–Kier alpha value is -1.36. The van der Waals surface area contributed by atoms with E-state index < -0.39 is 5.79 Å². The van der Waals surface area contributed by atoms with Crippen LogP contribution in [-0.4, -0.2) is 43.0 Å². The number of hydrogen-bond acceptors (Lipinski definition) is 5. The van der Waals surface area contributed by atoms with Gasteiger partial charge >= 0.3 is 6.02 Å². The third-order valence-corrected chi connectivity index (χ3v) is 3.80. The number of benzene rings is 1. The van der Waals surface area contributed by atoms with Gasteiger partial charge in [-0.25, -0.2) is 0 Å². The van der Waals surface area contributed by atoms with E-state index in [4.69, 9.17) is 18.8 Å². The van der Waals surface area contributed by atoms with Gasteiger partial charge in [-0.15, -0.1) is 0 Å². The van der Waals surface area contributed by atoms with E-state index in [0.717, 1.165) is 31.7 Å². The molecule has 0 N–H and O–H groups in total. The summed E-state index contributed by atoms with van der Waals surface area (Å²) in [5.74, 6) is 0.322. The van der Waals surface area contributed by atoms with Crippen LogP contribution in [0.3, 0.4) is 0 Å². The van der Waals surface area contributed by atoms with Crippen LogP contribution in [0.5, 0.6) is 5.75 Å². The highest BCUT2D eigenvalue weighted by Crippen LogP contribution is 2.31. The lowest BCUT2D eigenvalue weighted by molar-refractivity contribution is -0.181. The molecule has 2 saturated heterocycles. The fourth-order valence-corrected chi connectivity index (χ4v) is 2.69. The third-order valence-electron chi connectivity index (χ3n) is 3.69. The minimum absolute atomic E-state index is 0.407. The van der Waals surface area contributed by atoms with Crippen molar-refractivity contribution in [3.05, 3.63) is 30.3 Å². The molecule has 0 aromatic heterocycles. The molecule has 0 radical (unpaired) electrons. The van der Waals surface area contributed by atoms with Gasteiger partial charge in [0.2, 0.25) is 0 Å². The minimum Gasteiger partial charge on any atom is -0.424 e. The number of nitrogens with zero attached hydrogens (tertiary/aromatic N) is 2. The molecule has 114 valence electrons.